The molecule has 0 aliphatic carbocycles. The second-order valence-electron chi connectivity index (χ2n) is 8.54. The number of benzene rings is 2. The first-order valence-electron chi connectivity index (χ1n) is 14.0. The van der Waals surface area contributed by atoms with E-state index in [-0.39, 0.29) is 13.2 Å². The highest BCUT2D eigenvalue weighted by atomic mass is 16.6. The van der Waals surface area contributed by atoms with E-state index in [0.29, 0.717) is 104 Å². The van der Waals surface area contributed by atoms with E-state index in [0.717, 1.165) is 5.75 Å². The van der Waals surface area contributed by atoms with Crippen molar-refractivity contribution in [3.8, 4) is 5.75 Å². The number of rotatable bonds is 27. The van der Waals surface area contributed by atoms with Crippen molar-refractivity contribution in [3.63, 3.8) is 0 Å². The highest BCUT2D eigenvalue weighted by Crippen LogP contribution is 2.12. The van der Waals surface area contributed by atoms with Gasteiger partial charge < -0.3 is 48.4 Å². The molecule has 2 aromatic carbocycles. The second kappa shape index (κ2) is 24.5. The molecule has 0 atom stereocenters. The molecular formula is C30H43NO11. The van der Waals surface area contributed by atoms with Crippen LogP contribution in [-0.4, -0.2) is 117 Å². The number of ketones is 1. The summed E-state index contributed by atoms with van der Waals surface area (Å²) in [7, 11) is 0. The summed E-state index contributed by atoms with van der Waals surface area (Å²) in [6, 6.07) is 15.5. The van der Waals surface area contributed by atoms with Gasteiger partial charge in [-0.3, -0.25) is 4.79 Å². The maximum atomic E-state index is 11.9. The summed E-state index contributed by atoms with van der Waals surface area (Å²) in [5.41, 5.74) is 6.63. The summed E-state index contributed by atoms with van der Waals surface area (Å²) in [6.07, 6.45) is 0. The quantitative estimate of drug-likeness (QED) is 0.0533. The molecule has 0 aliphatic rings. The first-order chi connectivity index (χ1) is 20.7. The van der Waals surface area contributed by atoms with Gasteiger partial charge >= 0.3 is 5.97 Å². The van der Waals surface area contributed by atoms with Crippen LogP contribution in [0.15, 0.2) is 54.6 Å². The zero-order valence-corrected chi connectivity index (χ0v) is 24.1. The number of anilines is 1. The molecule has 2 N–H and O–H groups in total. The monoisotopic (exact) mass is 593 g/mol. The van der Waals surface area contributed by atoms with Crippen LogP contribution in [0.4, 0.5) is 5.69 Å². The van der Waals surface area contributed by atoms with Crippen molar-refractivity contribution in [2.24, 2.45) is 0 Å². The van der Waals surface area contributed by atoms with Crippen molar-refractivity contribution < 1.29 is 52.2 Å². The molecule has 234 valence electrons. The maximum Gasteiger partial charge on any atom is 0.379 e. The Morgan fingerprint density at radius 2 is 0.857 bits per heavy atom. The van der Waals surface area contributed by atoms with Gasteiger partial charge in [0.1, 0.15) is 19.0 Å². The van der Waals surface area contributed by atoms with E-state index >= 15 is 0 Å². The summed E-state index contributed by atoms with van der Waals surface area (Å²) >= 11 is 0. The van der Waals surface area contributed by atoms with Gasteiger partial charge in [-0.25, -0.2) is 4.79 Å². The molecule has 0 aromatic heterocycles. The van der Waals surface area contributed by atoms with Gasteiger partial charge in [-0.1, -0.05) is 30.3 Å². The van der Waals surface area contributed by atoms with E-state index in [1.807, 2.05) is 12.1 Å². The molecule has 42 heavy (non-hydrogen) atoms. The summed E-state index contributed by atoms with van der Waals surface area (Å²) in [5, 5.41) is 0. The third kappa shape index (κ3) is 18.4. The Hall–Kier alpha value is -3.10. The van der Waals surface area contributed by atoms with Gasteiger partial charge in [0, 0.05) is 11.3 Å². The molecule has 0 fully saturated rings. The van der Waals surface area contributed by atoms with E-state index in [4.69, 9.17) is 48.4 Å². The molecule has 0 radical (unpaired) electrons. The standard InChI is InChI=1S/C30H43NO11/c31-27-6-8-28(9-7-27)41-24-22-39-20-18-37-16-14-35-12-10-34-11-13-36-15-17-38-19-21-40-23-25-42-30(33)29(32)26-4-2-1-3-5-26/h1-9H,10-25,31H2. The number of hydrogen-bond donors (Lipinski definition) is 1. The molecule has 0 unspecified atom stereocenters. The van der Waals surface area contributed by atoms with Crippen molar-refractivity contribution in [1.29, 1.82) is 0 Å². The Morgan fingerprint density at radius 3 is 1.29 bits per heavy atom. The van der Waals surface area contributed by atoms with Crippen LogP contribution in [0.1, 0.15) is 10.4 Å². The average Bonchev–Trinajstić information content (AvgIpc) is 3.01. The van der Waals surface area contributed by atoms with Gasteiger partial charge in [0.05, 0.1) is 92.5 Å². The van der Waals surface area contributed by atoms with Crippen LogP contribution < -0.4 is 10.5 Å². The lowest BCUT2D eigenvalue weighted by atomic mass is 10.1. The summed E-state index contributed by atoms with van der Waals surface area (Å²) in [4.78, 5) is 23.6. The van der Waals surface area contributed by atoms with E-state index in [9.17, 15) is 9.59 Å². The van der Waals surface area contributed by atoms with Crippen molar-refractivity contribution >= 4 is 17.4 Å². The normalized spacial score (nSPS) is 11.0. The predicted octanol–water partition coefficient (Wildman–Crippen LogP) is 2.19. The average molecular weight is 594 g/mol. The molecule has 0 saturated heterocycles. The Kier molecular flexibility index (Phi) is 20.5. The predicted molar refractivity (Wildman–Crippen MR) is 154 cm³/mol. The third-order valence-electron chi connectivity index (χ3n) is 5.29. The number of hydrogen-bond acceptors (Lipinski definition) is 12. The minimum atomic E-state index is -0.896. The highest BCUT2D eigenvalue weighted by Gasteiger charge is 2.17. The van der Waals surface area contributed by atoms with Gasteiger partial charge in [-0.05, 0) is 24.3 Å². The van der Waals surface area contributed by atoms with Gasteiger partial charge in [-0.15, -0.1) is 0 Å². The molecule has 0 bridgehead atoms. The van der Waals surface area contributed by atoms with Crippen molar-refractivity contribution in [2.75, 3.05) is 111 Å². The van der Waals surface area contributed by atoms with E-state index in [1.54, 1.807) is 42.5 Å². The Balaban J connectivity index is 1.21. The summed E-state index contributed by atoms with van der Waals surface area (Å²) in [5.74, 6) is -0.809. The molecule has 0 heterocycles. The molecule has 0 saturated carbocycles. The molecule has 12 heteroatoms. The highest BCUT2D eigenvalue weighted by molar-refractivity contribution is 6.40. The first-order valence-corrected chi connectivity index (χ1v) is 14.0. The fourth-order valence-electron chi connectivity index (χ4n) is 3.17. The van der Waals surface area contributed by atoms with Crippen LogP contribution in [0.25, 0.3) is 0 Å². The Bertz CT molecular complexity index is 944. The van der Waals surface area contributed by atoms with Crippen molar-refractivity contribution in [2.45, 2.75) is 0 Å². The smallest absolute Gasteiger partial charge is 0.379 e. The SMILES string of the molecule is Nc1ccc(OCCOCCOCCOCCOCCOCCOCCOCCOC(=O)C(=O)c2ccccc2)cc1. The van der Waals surface area contributed by atoms with Crippen LogP contribution in [-0.2, 0) is 42.7 Å². The van der Waals surface area contributed by atoms with Crippen LogP contribution in [0.5, 0.6) is 5.75 Å². The second-order valence-corrected chi connectivity index (χ2v) is 8.54. The molecule has 0 spiro atoms. The van der Waals surface area contributed by atoms with Crippen LogP contribution >= 0.6 is 0 Å². The molecular weight excluding hydrogens is 550 g/mol. The van der Waals surface area contributed by atoms with Gasteiger partial charge in [0.25, 0.3) is 5.78 Å². The van der Waals surface area contributed by atoms with Crippen LogP contribution in [0, 0.1) is 0 Å². The number of nitrogens with two attached hydrogens (primary N) is 1. The fourth-order valence-corrected chi connectivity index (χ4v) is 3.17. The van der Waals surface area contributed by atoms with Crippen LogP contribution in [0.2, 0.25) is 0 Å². The Morgan fingerprint density at radius 1 is 0.476 bits per heavy atom. The number of nitrogen functional groups attached to an aromatic ring is 1. The first kappa shape index (κ1) is 35.1. The largest absolute Gasteiger partial charge is 0.491 e. The molecule has 0 amide bonds. The van der Waals surface area contributed by atoms with E-state index in [1.165, 1.54) is 0 Å². The number of Topliss-reactive ketones (excluding diaryl/α,β-unsaturated/α-hetero) is 1. The van der Waals surface area contributed by atoms with Gasteiger partial charge in [-0.2, -0.15) is 0 Å². The molecule has 12 nitrogen and oxygen atoms in total. The van der Waals surface area contributed by atoms with Gasteiger partial charge in [0.15, 0.2) is 0 Å². The minimum absolute atomic E-state index is 0.00108. The summed E-state index contributed by atoms with van der Waals surface area (Å²) in [6.45, 7) is 6.55. The van der Waals surface area contributed by atoms with E-state index in [2.05, 4.69) is 0 Å². The topological polar surface area (TPSA) is 143 Å². The number of carbonyl (C=O) groups is 2. The van der Waals surface area contributed by atoms with Gasteiger partial charge in [0.2, 0.25) is 0 Å². The van der Waals surface area contributed by atoms with Crippen LogP contribution in [0.3, 0.4) is 0 Å². The molecule has 2 rings (SSSR count). The molecule has 0 aliphatic heterocycles. The minimum Gasteiger partial charge on any atom is -0.491 e. The van der Waals surface area contributed by atoms with Crippen molar-refractivity contribution in [3.05, 3.63) is 60.2 Å². The summed E-state index contributed by atoms with van der Waals surface area (Å²) < 4.78 is 48.4. The Labute approximate surface area is 247 Å². The third-order valence-corrected chi connectivity index (χ3v) is 5.29. The number of carbonyl (C=O) groups excluding carboxylic acids is 2. The lowest BCUT2D eigenvalue weighted by molar-refractivity contribution is -0.139. The van der Waals surface area contributed by atoms with E-state index < -0.39 is 11.8 Å². The molecule has 2 aromatic rings. The zero-order chi connectivity index (χ0) is 29.9. The number of ether oxygens (including phenoxy) is 9. The number of esters is 1. The maximum absolute atomic E-state index is 11.9. The van der Waals surface area contributed by atoms with Crippen molar-refractivity contribution in [1.82, 2.24) is 0 Å². The fraction of sp³-hybridized carbons (Fsp3) is 0.533. The lowest BCUT2D eigenvalue weighted by Gasteiger charge is -2.09. The lowest BCUT2D eigenvalue weighted by Crippen LogP contribution is -2.20. The zero-order valence-electron chi connectivity index (χ0n) is 24.1.